The lowest BCUT2D eigenvalue weighted by Gasteiger charge is -2.31. The molecule has 0 unspecified atom stereocenters. The van der Waals surface area contributed by atoms with Crippen molar-refractivity contribution in [2.24, 2.45) is 5.92 Å². The molecule has 0 bridgehead atoms. The zero-order valence-electron chi connectivity index (χ0n) is 19.0. The molecular weight excluding hydrogens is 430 g/mol. The average molecular weight is 462 g/mol. The number of hydrogen-bond donors (Lipinski definition) is 3. The minimum Gasteiger partial charge on any atom is -0.480 e. The lowest BCUT2D eigenvalue weighted by molar-refractivity contribution is -0.146. The van der Waals surface area contributed by atoms with Crippen LogP contribution in [-0.4, -0.2) is 72.0 Å². The molecule has 0 aliphatic carbocycles. The Morgan fingerprint density at radius 2 is 1.70 bits per heavy atom. The van der Waals surface area contributed by atoms with E-state index in [0.29, 0.717) is 37.1 Å². The molecule has 1 fully saturated rings. The molecule has 1 aliphatic rings. The Bertz CT molecular complexity index is 859. The number of amidine groups is 1. The number of ether oxygens (including phenoxy) is 2. The largest absolute Gasteiger partial charge is 0.480 e. The maximum atomic E-state index is 12.5. The van der Waals surface area contributed by atoms with E-state index in [4.69, 9.17) is 20.0 Å². The first-order valence-corrected chi connectivity index (χ1v) is 10.9. The van der Waals surface area contributed by atoms with Crippen LogP contribution in [-0.2, 0) is 19.1 Å². The summed E-state index contributed by atoms with van der Waals surface area (Å²) in [5.41, 5.74) is 0.847. The van der Waals surface area contributed by atoms with Crippen molar-refractivity contribution in [3.8, 4) is 0 Å². The fourth-order valence-electron chi connectivity index (χ4n) is 3.26. The van der Waals surface area contributed by atoms with Crippen molar-refractivity contribution >= 4 is 29.6 Å². The van der Waals surface area contributed by atoms with Gasteiger partial charge in [-0.25, -0.2) is 9.59 Å². The summed E-state index contributed by atoms with van der Waals surface area (Å²) in [7, 11) is 0. The number of nitrogens with zero attached hydrogens (tertiary/aromatic N) is 1. The number of likely N-dealkylation sites (tertiary alicyclic amines) is 1. The molecule has 0 saturated carbocycles. The first-order chi connectivity index (χ1) is 15.7. The van der Waals surface area contributed by atoms with Crippen LogP contribution in [0.5, 0.6) is 0 Å². The maximum Gasteiger partial charge on any atom is 0.412 e. The Kier molecular flexibility index (Phi) is 9.99. The molecule has 2 amide bonds. The number of rotatable bonds is 10. The number of carbonyl (C=O) groups is 4. The SMILES string of the molecule is CC(C)COC(=O)NC(=N)c1ccc(C(=O)CCC(=O)N2CCC(OCC(=O)O)CC2)cc1. The second-order valence-electron chi connectivity index (χ2n) is 8.28. The highest BCUT2D eigenvalue weighted by molar-refractivity contribution is 6.05. The van der Waals surface area contributed by atoms with E-state index in [9.17, 15) is 19.2 Å². The molecule has 0 radical (unpaired) electrons. The van der Waals surface area contributed by atoms with E-state index in [2.05, 4.69) is 5.32 Å². The second-order valence-corrected chi connectivity index (χ2v) is 8.28. The summed E-state index contributed by atoms with van der Waals surface area (Å²) in [4.78, 5) is 48.8. The number of nitrogens with one attached hydrogen (secondary N) is 2. The van der Waals surface area contributed by atoms with Crippen LogP contribution in [0, 0.1) is 11.3 Å². The van der Waals surface area contributed by atoms with Crippen LogP contribution in [0.2, 0.25) is 0 Å². The van der Waals surface area contributed by atoms with Gasteiger partial charge in [0.1, 0.15) is 12.4 Å². The number of benzene rings is 1. The minimum atomic E-state index is -1.02. The monoisotopic (exact) mass is 461 g/mol. The first-order valence-electron chi connectivity index (χ1n) is 10.9. The number of piperidine rings is 1. The van der Waals surface area contributed by atoms with Crippen LogP contribution in [0.25, 0.3) is 0 Å². The first kappa shape index (κ1) is 26.0. The third-order valence-corrected chi connectivity index (χ3v) is 5.07. The molecule has 180 valence electrons. The van der Waals surface area contributed by atoms with Crippen molar-refractivity contribution < 1.29 is 33.8 Å². The number of carbonyl (C=O) groups excluding carboxylic acids is 3. The molecular formula is C23H31N3O7. The fraction of sp³-hybridized carbons (Fsp3) is 0.522. The average Bonchev–Trinajstić information content (AvgIpc) is 2.80. The van der Waals surface area contributed by atoms with Crippen molar-refractivity contribution in [1.29, 1.82) is 5.41 Å². The summed E-state index contributed by atoms with van der Waals surface area (Å²) < 4.78 is 10.2. The zero-order chi connectivity index (χ0) is 24.4. The molecule has 0 aromatic heterocycles. The van der Waals surface area contributed by atoms with Gasteiger partial charge in [0.25, 0.3) is 0 Å². The fourth-order valence-corrected chi connectivity index (χ4v) is 3.26. The number of alkyl carbamates (subject to hydrolysis) is 1. The van der Waals surface area contributed by atoms with E-state index >= 15 is 0 Å². The number of carboxylic acids is 1. The van der Waals surface area contributed by atoms with E-state index in [1.54, 1.807) is 29.2 Å². The molecule has 33 heavy (non-hydrogen) atoms. The van der Waals surface area contributed by atoms with E-state index in [0.717, 1.165) is 0 Å². The third kappa shape index (κ3) is 9.01. The van der Waals surface area contributed by atoms with Crippen LogP contribution < -0.4 is 5.32 Å². The zero-order valence-corrected chi connectivity index (χ0v) is 19.0. The van der Waals surface area contributed by atoms with Gasteiger partial charge < -0.3 is 19.5 Å². The van der Waals surface area contributed by atoms with Crippen molar-refractivity contribution in [2.75, 3.05) is 26.3 Å². The molecule has 1 aromatic carbocycles. The summed E-state index contributed by atoms with van der Waals surface area (Å²) >= 11 is 0. The molecule has 10 nitrogen and oxygen atoms in total. The van der Waals surface area contributed by atoms with Gasteiger partial charge in [0.2, 0.25) is 5.91 Å². The molecule has 1 heterocycles. The molecule has 1 saturated heterocycles. The quantitative estimate of drug-likeness (QED) is 0.275. The van der Waals surface area contributed by atoms with E-state index < -0.39 is 12.1 Å². The number of Topliss-reactive ketones (excluding diaryl/α,β-unsaturated/α-hetero) is 1. The highest BCUT2D eigenvalue weighted by Crippen LogP contribution is 2.16. The Morgan fingerprint density at radius 1 is 1.09 bits per heavy atom. The topological polar surface area (TPSA) is 146 Å². The summed E-state index contributed by atoms with van der Waals surface area (Å²) in [6.07, 6.45) is 0.407. The lowest BCUT2D eigenvalue weighted by Crippen LogP contribution is -2.41. The highest BCUT2D eigenvalue weighted by Gasteiger charge is 2.24. The molecule has 10 heteroatoms. The lowest BCUT2D eigenvalue weighted by atomic mass is 10.0. The Morgan fingerprint density at radius 3 is 2.27 bits per heavy atom. The van der Waals surface area contributed by atoms with Crippen LogP contribution in [0.4, 0.5) is 4.79 Å². The maximum absolute atomic E-state index is 12.5. The smallest absolute Gasteiger partial charge is 0.412 e. The summed E-state index contributed by atoms with van der Waals surface area (Å²) in [6, 6.07) is 6.23. The van der Waals surface area contributed by atoms with E-state index in [-0.39, 0.29) is 55.6 Å². The molecule has 0 atom stereocenters. The normalized spacial score (nSPS) is 14.1. The molecule has 1 aromatic rings. The van der Waals surface area contributed by atoms with Crippen LogP contribution in [0.3, 0.4) is 0 Å². The highest BCUT2D eigenvalue weighted by atomic mass is 16.5. The van der Waals surface area contributed by atoms with Crippen molar-refractivity contribution in [3.63, 3.8) is 0 Å². The summed E-state index contributed by atoms with van der Waals surface area (Å²) in [6.45, 7) is 4.67. The summed E-state index contributed by atoms with van der Waals surface area (Å²) in [5, 5.41) is 19.0. The van der Waals surface area contributed by atoms with Gasteiger partial charge in [-0.3, -0.25) is 20.3 Å². The molecule has 3 N–H and O–H groups in total. The number of aliphatic carboxylic acids is 1. The molecule has 0 spiro atoms. The van der Waals surface area contributed by atoms with Gasteiger partial charge in [-0.2, -0.15) is 0 Å². The minimum absolute atomic E-state index is 0.0604. The number of carboxylic acid groups (broad SMARTS) is 1. The van der Waals surface area contributed by atoms with Gasteiger partial charge in [0.15, 0.2) is 5.78 Å². The Hall–Kier alpha value is -3.27. The second kappa shape index (κ2) is 12.7. The van der Waals surface area contributed by atoms with Crippen molar-refractivity contribution in [1.82, 2.24) is 10.2 Å². The van der Waals surface area contributed by atoms with E-state index in [1.165, 1.54) is 0 Å². The van der Waals surface area contributed by atoms with Crippen molar-refractivity contribution in [2.45, 2.75) is 45.6 Å². The van der Waals surface area contributed by atoms with Gasteiger partial charge >= 0.3 is 12.1 Å². The van der Waals surface area contributed by atoms with Gasteiger partial charge in [-0.15, -0.1) is 0 Å². The third-order valence-electron chi connectivity index (χ3n) is 5.07. The summed E-state index contributed by atoms with van der Waals surface area (Å²) in [5.74, 6) is -1.27. The van der Waals surface area contributed by atoms with Crippen LogP contribution in [0.15, 0.2) is 24.3 Å². The Labute approximate surface area is 192 Å². The molecule has 2 rings (SSSR count). The van der Waals surface area contributed by atoms with Gasteiger partial charge in [-0.05, 0) is 18.8 Å². The number of hydrogen-bond acceptors (Lipinski definition) is 7. The number of ketones is 1. The standard InChI is InChI=1S/C23H31N3O7/c1-15(2)13-33-23(31)25-22(24)17-5-3-16(4-6-17)19(27)7-8-20(28)26-11-9-18(10-12-26)32-14-21(29)30/h3-6,15,18H,7-14H2,1-2H3,(H,29,30)(H2,24,25,31). The van der Waals surface area contributed by atoms with Gasteiger partial charge in [0, 0.05) is 37.1 Å². The van der Waals surface area contributed by atoms with Gasteiger partial charge in [0.05, 0.1) is 12.7 Å². The van der Waals surface area contributed by atoms with E-state index in [1.807, 2.05) is 13.8 Å². The van der Waals surface area contributed by atoms with Crippen LogP contribution >= 0.6 is 0 Å². The molecule has 1 aliphatic heterocycles. The van der Waals surface area contributed by atoms with Crippen LogP contribution in [0.1, 0.15) is 55.5 Å². The van der Waals surface area contributed by atoms with Crippen molar-refractivity contribution in [3.05, 3.63) is 35.4 Å². The number of amides is 2. The predicted octanol–water partition coefficient (Wildman–Crippen LogP) is 2.45. The predicted molar refractivity (Wildman–Crippen MR) is 119 cm³/mol. The Balaban J connectivity index is 1.75. The van der Waals surface area contributed by atoms with Gasteiger partial charge in [-0.1, -0.05) is 38.1 Å².